The minimum Gasteiger partial charge on any atom is -0.272 e. The molecule has 1 atom stereocenters. The van der Waals surface area contributed by atoms with Gasteiger partial charge in [0.05, 0.1) is 18.2 Å². The van der Waals surface area contributed by atoms with Crippen molar-refractivity contribution in [2.24, 2.45) is 11.0 Å². The third-order valence-corrected chi connectivity index (χ3v) is 3.15. The second-order valence-electron chi connectivity index (χ2n) is 4.55. The number of carbonyl (C=O) groups is 1. The summed E-state index contributed by atoms with van der Waals surface area (Å²) in [5, 5.41) is 5.99. The number of nitrogens with zero attached hydrogens (tertiary/aromatic N) is 2. The Bertz CT molecular complexity index is 465. The van der Waals surface area contributed by atoms with Crippen molar-refractivity contribution >= 4 is 11.6 Å². The summed E-state index contributed by atoms with van der Waals surface area (Å²) in [7, 11) is 0. The Labute approximate surface area is 102 Å². The highest BCUT2D eigenvalue weighted by Gasteiger charge is 2.30. The van der Waals surface area contributed by atoms with Gasteiger partial charge in [-0.15, -0.1) is 0 Å². The summed E-state index contributed by atoms with van der Waals surface area (Å²) in [6.45, 7) is 6.60. The van der Waals surface area contributed by atoms with Gasteiger partial charge in [-0.3, -0.25) is 4.79 Å². The van der Waals surface area contributed by atoms with Crippen molar-refractivity contribution in [3.05, 3.63) is 35.4 Å². The van der Waals surface area contributed by atoms with E-state index >= 15 is 0 Å². The van der Waals surface area contributed by atoms with Crippen LogP contribution in [0, 0.1) is 12.8 Å². The van der Waals surface area contributed by atoms with E-state index in [4.69, 9.17) is 0 Å². The number of hydrogen-bond donors (Lipinski definition) is 0. The van der Waals surface area contributed by atoms with Crippen molar-refractivity contribution in [3.63, 3.8) is 0 Å². The molecule has 0 radical (unpaired) electrons. The summed E-state index contributed by atoms with van der Waals surface area (Å²) in [6.07, 6.45) is 0.844. The van der Waals surface area contributed by atoms with Crippen LogP contribution in [0.3, 0.4) is 0 Å². The lowest BCUT2D eigenvalue weighted by molar-refractivity contribution is -0.131. The topological polar surface area (TPSA) is 32.7 Å². The fraction of sp³-hybridized carbons (Fsp3) is 0.429. The molecule has 3 nitrogen and oxygen atoms in total. The second-order valence-corrected chi connectivity index (χ2v) is 4.55. The molecule has 0 bridgehead atoms. The number of carbonyl (C=O) groups excluding carboxylic acids is 1. The van der Waals surface area contributed by atoms with Crippen LogP contribution in [0.2, 0.25) is 0 Å². The van der Waals surface area contributed by atoms with Crippen LogP contribution in [-0.2, 0) is 11.3 Å². The number of hydrogen-bond acceptors (Lipinski definition) is 2. The Morgan fingerprint density at radius 2 is 2.18 bits per heavy atom. The molecule has 1 heterocycles. The van der Waals surface area contributed by atoms with E-state index in [-0.39, 0.29) is 11.8 Å². The van der Waals surface area contributed by atoms with Crippen molar-refractivity contribution in [2.45, 2.75) is 33.7 Å². The molecule has 17 heavy (non-hydrogen) atoms. The quantitative estimate of drug-likeness (QED) is 0.785. The standard InChI is InChI=1S/C14H18N2O/c1-4-13-11(3)14(17)16(15-13)9-12-7-5-6-10(2)8-12/h5-8,11H,4,9H2,1-3H3. The van der Waals surface area contributed by atoms with Crippen molar-refractivity contribution < 1.29 is 4.79 Å². The fourth-order valence-electron chi connectivity index (χ4n) is 2.13. The molecule has 0 saturated carbocycles. The van der Waals surface area contributed by atoms with Gasteiger partial charge in [0.2, 0.25) is 0 Å². The summed E-state index contributed by atoms with van der Waals surface area (Å²) in [6, 6.07) is 8.19. The number of hydrazone groups is 1. The molecule has 0 saturated heterocycles. The first-order valence-corrected chi connectivity index (χ1v) is 6.06. The van der Waals surface area contributed by atoms with E-state index in [0.717, 1.165) is 17.7 Å². The van der Waals surface area contributed by atoms with E-state index in [1.165, 1.54) is 5.56 Å². The number of rotatable bonds is 3. The van der Waals surface area contributed by atoms with Gasteiger partial charge in [0.1, 0.15) is 0 Å². The first kappa shape index (κ1) is 11.8. The maximum atomic E-state index is 12.0. The number of benzene rings is 1. The molecule has 0 aliphatic carbocycles. The molecular weight excluding hydrogens is 212 g/mol. The van der Waals surface area contributed by atoms with E-state index in [2.05, 4.69) is 24.2 Å². The molecule has 1 aromatic carbocycles. The zero-order valence-corrected chi connectivity index (χ0v) is 10.6. The van der Waals surface area contributed by atoms with Crippen LogP contribution < -0.4 is 0 Å². The van der Waals surface area contributed by atoms with E-state index < -0.39 is 0 Å². The second kappa shape index (κ2) is 4.70. The Morgan fingerprint density at radius 1 is 1.41 bits per heavy atom. The Morgan fingerprint density at radius 3 is 2.76 bits per heavy atom. The van der Waals surface area contributed by atoms with Gasteiger partial charge in [0.25, 0.3) is 5.91 Å². The minimum atomic E-state index is -0.0511. The first-order valence-electron chi connectivity index (χ1n) is 6.06. The summed E-state index contributed by atoms with van der Waals surface area (Å²) >= 11 is 0. The predicted octanol–water partition coefficient (Wildman–Crippen LogP) is 2.74. The molecular formula is C14H18N2O. The van der Waals surface area contributed by atoms with Gasteiger partial charge in [-0.25, -0.2) is 5.01 Å². The number of amides is 1. The lowest BCUT2D eigenvalue weighted by Gasteiger charge is -2.13. The normalized spacial score (nSPS) is 19.7. The van der Waals surface area contributed by atoms with Crippen molar-refractivity contribution in [1.29, 1.82) is 0 Å². The maximum absolute atomic E-state index is 12.0. The molecule has 90 valence electrons. The van der Waals surface area contributed by atoms with Crippen LogP contribution in [-0.4, -0.2) is 16.6 Å². The largest absolute Gasteiger partial charge is 0.272 e. The molecule has 0 N–H and O–H groups in total. The van der Waals surface area contributed by atoms with Crippen LogP contribution in [0.5, 0.6) is 0 Å². The van der Waals surface area contributed by atoms with E-state index in [9.17, 15) is 4.79 Å². The van der Waals surface area contributed by atoms with E-state index in [1.54, 1.807) is 5.01 Å². The third kappa shape index (κ3) is 2.38. The molecule has 1 amide bonds. The van der Waals surface area contributed by atoms with Crippen LogP contribution in [0.4, 0.5) is 0 Å². The SMILES string of the molecule is CCC1=NN(Cc2cccc(C)c2)C(=O)C1C. The van der Waals surface area contributed by atoms with Gasteiger partial charge >= 0.3 is 0 Å². The molecule has 1 aliphatic heterocycles. The zero-order valence-electron chi connectivity index (χ0n) is 10.6. The van der Waals surface area contributed by atoms with Gasteiger partial charge in [0, 0.05) is 0 Å². The van der Waals surface area contributed by atoms with Crippen molar-refractivity contribution in [2.75, 3.05) is 0 Å². The van der Waals surface area contributed by atoms with Gasteiger partial charge in [-0.1, -0.05) is 36.8 Å². The Hall–Kier alpha value is -1.64. The fourth-order valence-corrected chi connectivity index (χ4v) is 2.13. The molecule has 0 spiro atoms. The molecule has 0 fully saturated rings. The van der Waals surface area contributed by atoms with Crippen molar-refractivity contribution in [1.82, 2.24) is 5.01 Å². The number of aryl methyl sites for hydroxylation is 1. The molecule has 3 heteroatoms. The average molecular weight is 230 g/mol. The molecule has 1 aliphatic rings. The lowest BCUT2D eigenvalue weighted by Crippen LogP contribution is -2.25. The Kier molecular flexibility index (Phi) is 3.27. The van der Waals surface area contributed by atoms with Crippen molar-refractivity contribution in [3.8, 4) is 0 Å². The van der Waals surface area contributed by atoms with Gasteiger partial charge < -0.3 is 0 Å². The highest BCUT2D eigenvalue weighted by Crippen LogP contribution is 2.19. The third-order valence-electron chi connectivity index (χ3n) is 3.15. The molecule has 2 rings (SSSR count). The van der Waals surface area contributed by atoms with Crippen LogP contribution in [0.25, 0.3) is 0 Å². The smallest absolute Gasteiger partial charge is 0.251 e. The highest BCUT2D eigenvalue weighted by atomic mass is 16.2. The Balaban J connectivity index is 2.15. The predicted molar refractivity (Wildman–Crippen MR) is 68.6 cm³/mol. The average Bonchev–Trinajstić information content (AvgIpc) is 2.57. The molecule has 0 aromatic heterocycles. The van der Waals surface area contributed by atoms with Crippen LogP contribution >= 0.6 is 0 Å². The summed E-state index contributed by atoms with van der Waals surface area (Å²) in [4.78, 5) is 12.0. The first-order chi connectivity index (χ1) is 8.11. The monoisotopic (exact) mass is 230 g/mol. The minimum absolute atomic E-state index is 0.0511. The van der Waals surface area contributed by atoms with Gasteiger partial charge in [-0.05, 0) is 25.8 Å². The lowest BCUT2D eigenvalue weighted by atomic mass is 10.0. The summed E-state index contributed by atoms with van der Waals surface area (Å²) in [5.74, 6) is 0.0631. The summed E-state index contributed by atoms with van der Waals surface area (Å²) < 4.78 is 0. The van der Waals surface area contributed by atoms with E-state index in [1.807, 2.05) is 26.0 Å². The maximum Gasteiger partial charge on any atom is 0.251 e. The molecule has 1 aromatic rings. The van der Waals surface area contributed by atoms with Crippen LogP contribution in [0.1, 0.15) is 31.4 Å². The zero-order chi connectivity index (χ0) is 12.4. The summed E-state index contributed by atoms with van der Waals surface area (Å²) in [5.41, 5.74) is 3.33. The van der Waals surface area contributed by atoms with E-state index in [0.29, 0.717) is 6.54 Å². The highest BCUT2D eigenvalue weighted by molar-refractivity contribution is 6.07. The van der Waals surface area contributed by atoms with Gasteiger partial charge in [-0.2, -0.15) is 5.10 Å². The molecule has 1 unspecified atom stereocenters. The van der Waals surface area contributed by atoms with Gasteiger partial charge in [0.15, 0.2) is 0 Å². The van der Waals surface area contributed by atoms with Crippen LogP contribution in [0.15, 0.2) is 29.4 Å².